The lowest BCUT2D eigenvalue weighted by Crippen LogP contribution is -2.45. The molecule has 3 rings (SSSR count). The smallest absolute Gasteiger partial charge is 0.410 e. The van der Waals surface area contributed by atoms with Crippen LogP contribution in [0.2, 0.25) is 36.3 Å². The molecule has 1 N–H and O–H groups in total. The third-order valence-electron chi connectivity index (χ3n) is 9.75. The van der Waals surface area contributed by atoms with Crippen LogP contribution < -0.4 is 13.6 Å². The van der Waals surface area contributed by atoms with E-state index in [0.717, 1.165) is 5.56 Å². The first-order valence-electron chi connectivity index (χ1n) is 17.5. The van der Waals surface area contributed by atoms with Crippen LogP contribution in [0, 0.1) is 6.92 Å². The zero-order valence-corrected chi connectivity index (χ0v) is 35.1. The Morgan fingerprint density at radius 2 is 1.36 bits per heavy atom. The van der Waals surface area contributed by atoms with Crippen LogP contribution in [0.15, 0.2) is 47.1 Å². The summed E-state index contributed by atoms with van der Waals surface area (Å²) >= 11 is 0. The van der Waals surface area contributed by atoms with Crippen molar-refractivity contribution in [2.24, 2.45) is 0 Å². The molecule has 1 heterocycles. The number of ether oxygens (including phenoxy) is 2. The maximum Gasteiger partial charge on any atom is 0.410 e. The molecule has 0 aliphatic carbocycles. The van der Waals surface area contributed by atoms with Gasteiger partial charge in [-0.1, -0.05) is 64.0 Å². The van der Waals surface area contributed by atoms with E-state index in [1.54, 1.807) is 4.90 Å². The molecule has 0 saturated carbocycles. The number of nitrogens with zero attached hydrogens (tertiary/aromatic N) is 3. The van der Waals surface area contributed by atoms with E-state index in [4.69, 9.17) is 23.0 Å². The van der Waals surface area contributed by atoms with E-state index in [1.165, 1.54) is 0 Å². The Labute approximate surface area is 302 Å². The van der Waals surface area contributed by atoms with Crippen LogP contribution in [0.4, 0.5) is 4.79 Å². The van der Waals surface area contributed by atoms with Crippen LogP contribution in [0.25, 0.3) is 0 Å². The van der Waals surface area contributed by atoms with Crippen LogP contribution in [0.1, 0.15) is 97.9 Å². The Morgan fingerprint density at radius 3 is 1.80 bits per heavy atom. The molecule has 0 spiro atoms. The van der Waals surface area contributed by atoms with Gasteiger partial charge in [0.25, 0.3) is 0 Å². The van der Waals surface area contributed by atoms with E-state index < -0.39 is 34.4 Å². The number of carbonyl (C=O) groups is 1. The maximum atomic E-state index is 13.7. The van der Waals surface area contributed by atoms with Crippen LogP contribution in [-0.4, -0.2) is 61.2 Å². The summed E-state index contributed by atoms with van der Waals surface area (Å²) in [4.78, 5) is 15.3. The second-order valence-electron chi connectivity index (χ2n) is 17.4. The van der Waals surface area contributed by atoms with E-state index in [2.05, 4.69) is 78.0 Å². The van der Waals surface area contributed by atoms with Crippen molar-refractivity contribution in [3.63, 3.8) is 0 Å². The molecule has 0 aliphatic heterocycles. The van der Waals surface area contributed by atoms with E-state index in [1.807, 2.05) is 77.1 Å². The van der Waals surface area contributed by atoms with Gasteiger partial charge in [-0.15, -0.1) is 0 Å². The zero-order chi connectivity index (χ0) is 37.9. The van der Waals surface area contributed by atoms with Crippen molar-refractivity contribution in [1.29, 1.82) is 0 Å². The van der Waals surface area contributed by atoms with Gasteiger partial charge in [-0.3, -0.25) is 0 Å². The number of hydrogen-bond donors (Lipinski definition) is 1. The van der Waals surface area contributed by atoms with Crippen molar-refractivity contribution in [3.8, 4) is 17.2 Å². The minimum atomic E-state index is -2.22. The summed E-state index contributed by atoms with van der Waals surface area (Å²) in [6.45, 7) is 31.5. The van der Waals surface area contributed by atoms with Gasteiger partial charge in [0.05, 0.1) is 12.6 Å². The van der Waals surface area contributed by atoms with Gasteiger partial charge < -0.3 is 28.3 Å². The average Bonchev–Trinajstić information content (AvgIpc) is 3.36. The van der Waals surface area contributed by atoms with Crippen molar-refractivity contribution in [2.45, 2.75) is 143 Å². The van der Waals surface area contributed by atoms with Crippen LogP contribution in [0.3, 0.4) is 0 Å². The quantitative estimate of drug-likeness (QED) is 0.172. The van der Waals surface area contributed by atoms with Gasteiger partial charge in [0.2, 0.25) is 16.6 Å². The minimum Gasteiger partial charge on any atom is -0.543 e. The molecule has 1 aromatic heterocycles. The summed E-state index contributed by atoms with van der Waals surface area (Å²) < 4.78 is 29.9. The highest BCUT2D eigenvalue weighted by molar-refractivity contribution is 6.75. The topological polar surface area (TPSA) is 116 Å². The number of aromatic nitrogens is 2. The van der Waals surface area contributed by atoms with E-state index in [9.17, 15) is 9.90 Å². The van der Waals surface area contributed by atoms with Gasteiger partial charge in [-0.2, -0.15) is 0 Å². The fourth-order valence-corrected chi connectivity index (χ4v) is 6.58. The highest BCUT2D eigenvalue weighted by atomic mass is 28.4. The molecule has 50 heavy (non-hydrogen) atoms. The Bertz CT molecular complexity index is 1520. The second-order valence-corrected chi connectivity index (χ2v) is 26.8. The summed E-state index contributed by atoms with van der Waals surface area (Å²) in [6, 6.07) is 13.1. The Balaban J connectivity index is 1.90. The molecule has 0 radical (unpaired) electrons. The number of benzene rings is 2. The molecule has 0 saturated heterocycles. The number of aliphatic hydroxyl groups is 1. The first-order valence-corrected chi connectivity index (χ1v) is 23.3. The van der Waals surface area contributed by atoms with Gasteiger partial charge in [0, 0.05) is 12.1 Å². The summed E-state index contributed by atoms with van der Waals surface area (Å²) in [5.74, 6) is 2.01. The molecule has 0 fully saturated rings. The molecule has 0 unspecified atom stereocenters. The number of carbonyl (C=O) groups excluding carboxylic acids is 1. The van der Waals surface area contributed by atoms with Gasteiger partial charge in [0.1, 0.15) is 40.8 Å². The number of amides is 1. The molecule has 10 nitrogen and oxygen atoms in total. The van der Waals surface area contributed by atoms with Gasteiger partial charge in [-0.25, -0.2) is 9.42 Å². The molecular formula is C38H61N3O7Si2. The molecule has 0 bridgehead atoms. The number of hydrogen-bond acceptors (Lipinski definition) is 9. The Morgan fingerprint density at radius 1 is 0.840 bits per heavy atom. The van der Waals surface area contributed by atoms with Gasteiger partial charge >= 0.3 is 6.09 Å². The van der Waals surface area contributed by atoms with Gasteiger partial charge in [-0.05, 0) is 113 Å². The van der Waals surface area contributed by atoms with Crippen molar-refractivity contribution in [3.05, 3.63) is 65.0 Å². The molecule has 278 valence electrons. The standard InChI is InChI=1S/C38H61N3O7Si2/c1-26(20-28-16-18-30(19-17-28)44-25-33-27(2)39-48-40-33)41(35(43)45-36(3,4)5)24-34(42)29-21-31(46-49(12,13)37(6,7)8)23-32(22-29)47-50(14,15)38(9,10)11/h16-19,21-23,26,34,42H,20,24-25H2,1-15H3/t26-,34+/m1/s1. The number of rotatable bonds is 13. The molecular weight excluding hydrogens is 667 g/mol. The normalized spacial score (nSPS) is 14.2. The molecule has 0 aliphatic rings. The highest BCUT2D eigenvalue weighted by Gasteiger charge is 2.41. The minimum absolute atomic E-state index is 0.0193. The summed E-state index contributed by atoms with van der Waals surface area (Å²) in [7, 11) is -4.43. The predicted molar refractivity (Wildman–Crippen MR) is 203 cm³/mol. The third kappa shape index (κ3) is 11.3. The van der Waals surface area contributed by atoms with Crippen molar-refractivity contribution < 1.29 is 32.9 Å². The molecule has 12 heteroatoms. The van der Waals surface area contributed by atoms with Crippen LogP contribution in [-0.2, 0) is 17.8 Å². The molecule has 1 amide bonds. The number of aryl methyl sites for hydroxylation is 1. The maximum absolute atomic E-state index is 13.7. The van der Waals surface area contributed by atoms with Crippen LogP contribution in [0.5, 0.6) is 17.2 Å². The van der Waals surface area contributed by atoms with Crippen molar-refractivity contribution in [2.75, 3.05) is 6.54 Å². The van der Waals surface area contributed by atoms with Crippen molar-refractivity contribution in [1.82, 2.24) is 15.2 Å². The lowest BCUT2D eigenvalue weighted by atomic mass is 10.0. The summed E-state index contributed by atoms with van der Waals surface area (Å²) in [6.07, 6.45) is -0.987. The zero-order valence-electron chi connectivity index (χ0n) is 33.1. The van der Waals surface area contributed by atoms with E-state index in [-0.39, 0.29) is 29.3 Å². The van der Waals surface area contributed by atoms with Gasteiger partial charge in [0.15, 0.2) is 0 Å². The highest BCUT2D eigenvalue weighted by Crippen LogP contribution is 2.41. The summed E-state index contributed by atoms with van der Waals surface area (Å²) in [5.41, 5.74) is 2.24. The van der Waals surface area contributed by atoms with Crippen LogP contribution >= 0.6 is 0 Å². The fraction of sp³-hybridized carbons (Fsp3) is 0.605. The SMILES string of the molecule is Cc1nonc1COc1ccc(C[C@@H](C)N(C[C@H](O)c2cc(O[Si](C)(C)C(C)(C)C)cc(O[Si](C)(C)C(C)(C)C)c2)C(=O)OC(C)(C)C)cc1. The Hall–Kier alpha value is -3.36. The molecule has 2 atom stereocenters. The first kappa shape index (κ1) is 41.1. The lowest BCUT2D eigenvalue weighted by molar-refractivity contribution is 0.00546. The largest absolute Gasteiger partial charge is 0.543 e. The lowest BCUT2D eigenvalue weighted by Gasteiger charge is -2.38. The third-order valence-corrected chi connectivity index (χ3v) is 18.5. The first-order chi connectivity index (χ1) is 22.8. The van der Waals surface area contributed by atoms with E-state index >= 15 is 0 Å². The average molecular weight is 728 g/mol. The molecule has 3 aromatic rings. The summed E-state index contributed by atoms with van der Waals surface area (Å²) in [5, 5.41) is 19.4. The Kier molecular flexibility index (Phi) is 12.7. The van der Waals surface area contributed by atoms with E-state index in [0.29, 0.717) is 40.6 Å². The predicted octanol–water partition coefficient (Wildman–Crippen LogP) is 9.63. The molecule has 2 aromatic carbocycles. The number of aliphatic hydroxyl groups excluding tert-OH is 1. The monoisotopic (exact) mass is 727 g/mol. The fourth-order valence-electron chi connectivity index (χ4n) is 4.55. The van der Waals surface area contributed by atoms with Crippen molar-refractivity contribution >= 4 is 22.7 Å². The second kappa shape index (κ2) is 15.5.